The highest BCUT2D eigenvalue weighted by molar-refractivity contribution is 7.90. The van der Waals surface area contributed by atoms with Crippen LogP contribution >= 0.6 is 0 Å². The summed E-state index contributed by atoms with van der Waals surface area (Å²) < 4.78 is 32.8. The second kappa shape index (κ2) is 6.01. The summed E-state index contributed by atoms with van der Waals surface area (Å²) in [7, 11) is -1.64. The van der Waals surface area contributed by atoms with Crippen molar-refractivity contribution in [2.45, 2.75) is 13.0 Å². The van der Waals surface area contributed by atoms with Gasteiger partial charge < -0.3 is 15.2 Å². The average Bonchev–Trinajstić information content (AvgIpc) is 2.27. The highest BCUT2D eigenvalue weighted by atomic mass is 32.2. The molecule has 0 aromatic carbocycles. The van der Waals surface area contributed by atoms with Gasteiger partial charge in [0.05, 0.1) is 37.4 Å². The third-order valence-corrected chi connectivity index (χ3v) is 3.20. The molecule has 1 unspecified atom stereocenters. The molecule has 0 spiro atoms. The van der Waals surface area contributed by atoms with E-state index in [2.05, 4.69) is 4.98 Å². The van der Waals surface area contributed by atoms with Gasteiger partial charge in [-0.2, -0.15) is 0 Å². The number of sulfone groups is 1. The van der Waals surface area contributed by atoms with E-state index in [0.717, 1.165) is 6.26 Å². The Morgan fingerprint density at radius 3 is 2.61 bits per heavy atom. The first-order valence-corrected chi connectivity index (χ1v) is 7.53. The zero-order chi connectivity index (χ0) is 13.8. The van der Waals surface area contributed by atoms with Gasteiger partial charge in [0.1, 0.15) is 9.84 Å². The van der Waals surface area contributed by atoms with Gasteiger partial charge in [0.15, 0.2) is 11.5 Å². The van der Waals surface area contributed by atoms with Crippen LogP contribution in [0.2, 0.25) is 0 Å². The van der Waals surface area contributed by atoms with E-state index in [1.165, 1.54) is 13.3 Å². The fourth-order valence-corrected chi connectivity index (χ4v) is 2.30. The van der Waals surface area contributed by atoms with E-state index in [1.807, 2.05) is 6.92 Å². The van der Waals surface area contributed by atoms with E-state index < -0.39 is 15.9 Å². The third-order valence-electron chi connectivity index (χ3n) is 2.23. The molecule has 102 valence electrons. The van der Waals surface area contributed by atoms with Gasteiger partial charge >= 0.3 is 0 Å². The molecule has 0 aliphatic heterocycles. The van der Waals surface area contributed by atoms with Gasteiger partial charge in [0.2, 0.25) is 0 Å². The smallest absolute Gasteiger partial charge is 0.179 e. The number of pyridine rings is 1. The summed E-state index contributed by atoms with van der Waals surface area (Å²) in [5, 5.41) is 0. The van der Waals surface area contributed by atoms with E-state index in [9.17, 15) is 8.42 Å². The Balaban J connectivity index is 3.00. The maximum atomic E-state index is 11.2. The van der Waals surface area contributed by atoms with Crippen LogP contribution in [0.5, 0.6) is 11.5 Å². The molecule has 1 aromatic rings. The van der Waals surface area contributed by atoms with Gasteiger partial charge in [-0.3, -0.25) is 4.98 Å². The Kier molecular flexibility index (Phi) is 4.92. The lowest BCUT2D eigenvalue weighted by molar-refractivity contribution is 0.309. The van der Waals surface area contributed by atoms with Gasteiger partial charge in [-0.15, -0.1) is 0 Å². The molecular formula is C11H18N2O4S. The maximum absolute atomic E-state index is 11.2. The minimum absolute atomic E-state index is 0.155. The summed E-state index contributed by atoms with van der Waals surface area (Å²) in [6.07, 6.45) is 2.61. The molecule has 0 fully saturated rings. The summed E-state index contributed by atoms with van der Waals surface area (Å²) in [5.74, 6) is 0.846. The van der Waals surface area contributed by atoms with Crippen LogP contribution in [0.4, 0.5) is 0 Å². The second-order valence-electron chi connectivity index (χ2n) is 3.89. The standard InChI is InChI=1S/C11H18N2O4S/c1-4-17-10-5-9(13-6-11(10)16-2)8(12)7-18(3,14)15/h5-6,8H,4,7,12H2,1-3H3. The van der Waals surface area contributed by atoms with Crippen molar-refractivity contribution in [3.05, 3.63) is 18.0 Å². The van der Waals surface area contributed by atoms with Crippen molar-refractivity contribution in [2.24, 2.45) is 5.73 Å². The van der Waals surface area contributed by atoms with Gasteiger partial charge in [0, 0.05) is 12.3 Å². The first-order chi connectivity index (χ1) is 8.37. The van der Waals surface area contributed by atoms with Crippen LogP contribution in [-0.2, 0) is 9.84 Å². The monoisotopic (exact) mass is 274 g/mol. The lowest BCUT2D eigenvalue weighted by atomic mass is 10.2. The van der Waals surface area contributed by atoms with E-state index >= 15 is 0 Å². The van der Waals surface area contributed by atoms with Crippen molar-refractivity contribution in [2.75, 3.05) is 25.7 Å². The predicted molar refractivity (Wildman–Crippen MR) is 68.6 cm³/mol. The Morgan fingerprint density at radius 2 is 2.11 bits per heavy atom. The molecule has 2 N–H and O–H groups in total. The first-order valence-electron chi connectivity index (χ1n) is 5.47. The highest BCUT2D eigenvalue weighted by Crippen LogP contribution is 2.28. The molecule has 18 heavy (non-hydrogen) atoms. The lowest BCUT2D eigenvalue weighted by Gasteiger charge is -2.13. The van der Waals surface area contributed by atoms with Crippen molar-refractivity contribution in [3.8, 4) is 11.5 Å². The van der Waals surface area contributed by atoms with E-state index in [1.54, 1.807) is 6.07 Å². The van der Waals surface area contributed by atoms with Crippen LogP contribution in [0.15, 0.2) is 12.3 Å². The minimum atomic E-state index is -3.15. The molecule has 0 bridgehead atoms. The molecule has 0 radical (unpaired) electrons. The molecule has 1 heterocycles. The summed E-state index contributed by atoms with van der Waals surface area (Å²) in [4.78, 5) is 4.08. The molecule has 1 rings (SSSR count). The zero-order valence-corrected chi connectivity index (χ0v) is 11.5. The van der Waals surface area contributed by atoms with Gasteiger partial charge in [0.25, 0.3) is 0 Å². The number of hydrogen-bond acceptors (Lipinski definition) is 6. The Labute approximate surface area is 107 Å². The van der Waals surface area contributed by atoms with Crippen molar-refractivity contribution >= 4 is 9.84 Å². The van der Waals surface area contributed by atoms with E-state index in [-0.39, 0.29) is 5.75 Å². The largest absolute Gasteiger partial charge is 0.491 e. The maximum Gasteiger partial charge on any atom is 0.179 e. The fourth-order valence-electron chi connectivity index (χ4n) is 1.48. The molecule has 0 aliphatic carbocycles. The van der Waals surface area contributed by atoms with Crippen LogP contribution in [0, 0.1) is 0 Å². The molecule has 0 amide bonds. The van der Waals surface area contributed by atoms with Crippen LogP contribution < -0.4 is 15.2 Å². The Morgan fingerprint density at radius 1 is 1.44 bits per heavy atom. The lowest BCUT2D eigenvalue weighted by Crippen LogP contribution is -2.22. The Hall–Kier alpha value is -1.34. The molecule has 1 atom stereocenters. The highest BCUT2D eigenvalue weighted by Gasteiger charge is 2.16. The number of hydrogen-bond donors (Lipinski definition) is 1. The normalized spacial score (nSPS) is 13.1. The Bertz CT molecular complexity index is 502. The van der Waals surface area contributed by atoms with Crippen molar-refractivity contribution in [1.82, 2.24) is 4.98 Å². The van der Waals surface area contributed by atoms with E-state index in [4.69, 9.17) is 15.2 Å². The SMILES string of the molecule is CCOc1cc(C(N)CS(C)(=O)=O)ncc1OC. The van der Waals surface area contributed by atoms with Crippen molar-refractivity contribution in [3.63, 3.8) is 0 Å². The van der Waals surface area contributed by atoms with Crippen LogP contribution in [0.25, 0.3) is 0 Å². The quantitative estimate of drug-likeness (QED) is 0.813. The molecule has 0 saturated heterocycles. The topological polar surface area (TPSA) is 91.5 Å². The minimum Gasteiger partial charge on any atom is -0.491 e. The van der Waals surface area contributed by atoms with Crippen molar-refractivity contribution in [1.29, 1.82) is 0 Å². The van der Waals surface area contributed by atoms with Crippen LogP contribution in [0.3, 0.4) is 0 Å². The third kappa shape index (κ3) is 4.15. The number of ether oxygens (including phenoxy) is 2. The summed E-state index contributed by atoms with van der Waals surface area (Å²) in [5.41, 5.74) is 6.26. The second-order valence-corrected chi connectivity index (χ2v) is 6.08. The van der Waals surface area contributed by atoms with Crippen molar-refractivity contribution < 1.29 is 17.9 Å². The van der Waals surface area contributed by atoms with Crippen LogP contribution in [0.1, 0.15) is 18.7 Å². The average molecular weight is 274 g/mol. The summed E-state index contributed by atoms with van der Waals surface area (Å²) in [6, 6.07) is 0.933. The number of nitrogens with zero attached hydrogens (tertiary/aromatic N) is 1. The summed E-state index contributed by atoms with van der Waals surface area (Å²) >= 11 is 0. The molecule has 0 aliphatic rings. The number of methoxy groups -OCH3 is 1. The molecular weight excluding hydrogens is 256 g/mol. The fraction of sp³-hybridized carbons (Fsp3) is 0.545. The van der Waals surface area contributed by atoms with Gasteiger partial charge in [-0.25, -0.2) is 8.42 Å². The van der Waals surface area contributed by atoms with Crippen LogP contribution in [-0.4, -0.2) is 39.1 Å². The first kappa shape index (κ1) is 14.7. The number of nitrogens with two attached hydrogens (primary N) is 1. The summed E-state index contributed by atoms with van der Waals surface area (Å²) in [6.45, 7) is 2.32. The van der Waals surface area contributed by atoms with Gasteiger partial charge in [-0.05, 0) is 6.92 Å². The molecule has 6 nitrogen and oxygen atoms in total. The van der Waals surface area contributed by atoms with Gasteiger partial charge in [-0.1, -0.05) is 0 Å². The molecule has 1 aromatic heterocycles. The zero-order valence-electron chi connectivity index (χ0n) is 10.7. The molecule has 7 heteroatoms. The number of aromatic nitrogens is 1. The predicted octanol–water partition coefficient (Wildman–Crippen LogP) is 0.533. The van der Waals surface area contributed by atoms with E-state index in [0.29, 0.717) is 23.8 Å². The molecule has 0 saturated carbocycles. The number of rotatable bonds is 6.